The number of halogens is 1. The molecule has 0 aliphatic heterocycles. The van der Waals surface area contributed by atoms with Crippen molar-refractivity contribution in [3.63, 3.8) is 0 Å². The molecule has 1 amide bonds. The number of carbonyl (C=O) groups excluding carboxylic acids is 1. The van der Waals surface area contributed by atoms with Gasteiger partial charge in [-0.1, -0.05) is 22.4 Å². The third-order valence-corrected chi connectivity index (χ3v) is 3.17. The topological polar surface area (TPSA) is 110 Å². The van der Waals surface area contributed by atoms with Gasteiger partial charge in [-0.15, -0.1) is 0 Å². The van der Waals surface area contributed by atoms with Crippen LogP contribution in [0.25, 0.3) is 0 Å². The fourth-order valence-electron chi connectivity index (χ4n) is 1.69. The Balaban J connectivity index is 2.45. The van der Waals surface area contributed by atoms with Crippen LogP contribution in [0.15, 0.2) is 22.7 Å². The molecular formula is C13H15BrN2O5. The zero-order valence-corrected chi connectivity index (χ0v) is 12.8. The van der Waals surface area contributed by atoms with Crippen LogP contribution in [0.1, 0.15) is 36.0 Å². The molecule has 21 heavy (non-hydrogen) atoms. The van der Waals surface area contributed by atoms with Gasteiger partial charge in [-0.3, -0.25) is 19.7 Å². The maximum absolute atomic E-state index is 11.9. The zero-order chi connectivity index (χ0) is 15.8. The summed E-state index contributed by atoms with van der Waals surface area (Å²) in [7, 11) is 0. The van der Waals surface area contributed by atoms with Crippen molar-refractivity contribution in [2.75, 3.05) is 6.54 Å². The van der Waals surface area contributed by atoms with Gasteiger partial charge < -0.3 is 10.4 Å². The van der Waals surface area contributed by atoms with Crippen molar-refractivity contribution in [1.29, 1.82) is 0 Å². The molecular weight excluding hydrogens is 344 g/mol. The standard InChI is InChI=1S/C13H15BrN2O5/c14-10-6-9(7-11(8-10)16(20)21)13(19)15-5-3-1-2-4-12(17)18/h6-8H,1-5H2,(H,15,19)(H,17,18). The maximum atomic E-state index is 11.9. The van der Waals surface area contributed by atoms with Gasteiger partial charge in [-0.05, 0) is 18.9 Å². The van der Waals surface area contributed by atoms with Gasteiger partial charge in [-0.2, -0.15) is 0 Å². The van der Waals surface area contributed by atoms with Crippen molar-refractivity contribution in [3.8, 4) is 0 Å². The number of carboxylic acids is 1. The van der Waals surface area contributed by atoms with Crippen molar-refractivity contribution in [3.05, 3.63) is 38.3 Å². The Hall–Kier alpha value is -1.96. The molecule has 0 spiro atoms. The molecule has 1 aromatic rings. The summed E-state index contributed by atoms with van der Waals surface area (Å²) in [6, 6.07) is 4.04. The van der Waals surface area contributed by atoms with E-state index in [1.165, 1.54) is 18.2 Å². The van der Waals surface area contributed by atoms with E-state index in [-0.39, 0.29) is 17.7 Å². The quantitative estimate of drug-likeness (QED) is 0.421. The van der Waals surface area contributed by atoms with Crippen LogP contribution in [0.4, 0.5) is 5.69 Å². The minimum atomic E-state index is -0.833. The molecule has 2 N–H and O–H groups in total. The number of nitrogens with one attached hydrogen (secondary N) is 1. The summed E-state index contributed by atoms with van der Waals surface area (Å²) in [5.74, 6) is -1.22. The Bertz CT molecular complexity index is 547. The van der Waals surface area contributed by atoms with E-state index in [0.29, 0.717) is 30.3 Å². The molecule has 0 aromatic heterocycles. The molecule has 0 unspecified atom stereocenters. The van der Waals surface area contributed by atoms with Crippen LogP contribution in [-0.2, 0) is 4.79 Å². The van der Waals surface area contributed by atoms with Crippen LogP contribution >= 0.6 is 15.9 Å². The molecule has 1 aromatic carbocycles. The molecule has 0 heterocycles. The highest BCUT2D eigenvalue weighted by atomic mass is 79.9. The van der Waals surface area contributed by atoms with Crippen molar-refractivity contribution in [1.82, 2.24) is 5.32 Å². The summed E-state index contributed by atoms with van der Waals surface area (Å²) in [4.78, 5) is 32.3. The smallest absolute Gasteiger partial charge is 0.303 e. The molecule has 0 radical (unpaired) electrons. The average Bonchev–Trinajstić information content (AvgIpc) is 2.41. The molecule has 0 aliphatic carbocycles. The van der Waals surface area contributed by atoms with Gasteiger partial charge in [0, 0.05) is 35.1 Å². The van der Waals surface area contributed by atoms with E-state index in [1.54, 1.807) is 0 Å². The molecule has 0 saturated carbocycles. The van der Waals surface area contributed by atoms with Crippen molar-refractivity contribution < 1.29 is 19.6 Å². The maximum Gasteiger partial charge on any atom is 0.303 e. The Labute approximate surface area is 129 Å². The van der Waals surface area contributed by atoms with E-state index in [2.05, 4.69) is 21.2 Å². The van der Waals surface area contributed by atoms with Gasteiger partial charge in [-0.25, -0.2) is 0 Å². The van der Waals surface area contributed by atoms with Crippen molar-refractivity contribution in [2.24, 2.45) is 0 Å². The number of nitro benzene ring substituents is 1. The highest BCUT2D eigenvalue weighted by Gasteiger charge is 2.13. The number of unbranched alkanes of at least 4 members (excludes halogenated alkanes) is 2. The Morgan fingerprint density at radius 3 is 2.57 bits per heavy atom. The first-order valence-electron chi connectivity index (χ1n) is 6.35. The lowest BCUT2D eigenvalue weighted by Crippen LogP contribution is -2.24. The van der Waals surface area contributed by atoms with Gasteiger partial charge in [0.2, 0.25) is 0 Å². The molecule has 7 nitrogen and oxygen atoms in total. The second kappa shape index (κ2) is 8.35. The van der Waals surface area contributed by atoms with Crippen molar-refractivity contribution >= 4 is 33.5 Å². The van der Waals surface area contributed by atoms with Gasteiger partial charge in [0.05, 0.1) is 4.92 Å². The second-order valence-electron chi connectivity index (χ2n) is 4.42. The van der Waals surface area contributed by atoms with Crippen LogP contribution in [0.3, 0.4) is 0 Å². The summed E-state index contributed by atoms with van der Waals surface area (Å²) in [6.45, 7) is 0.402. The van der Waals surface area contributed by atoms with E-state index in [1.807, 2.05) is 0 Å². The Morgan fingerprint density at radius 1 is 1.24 bits per heavy atom. The zero-order valence-electron chi connectivity index (χ0n) is 11.2. The number of benzene rings is 1. The van der Waals surface area contributed by atoms with Gasteiger partial charge in [0.15, 0.2) is 0 Å². The number of aliphatic carboxylic acids is 1. The molecule has 8 heteroatoms. The van der Waals surface area contributed by atoms with Crippen LogP contribution in [-0.4, -0.2) is 28.5 Å². The fourth-order valence-corrected chi connectivity index (χ4v) is 2.17. The summed E-state index contributed by atoms with van der Waals surface area (Å²) in [5.41, 5.74) is 0.0533. The number of rotatable bonds is 8. The van der Waals surface area contributed by atoms with E-state index < -0.39 is 16.8 Å². The minimum Gasteiger partial charge on any atom is -0.481 e. The molecule has 0 atom stereocenters. The second-order valence-corrected chi connectivity index (χ2v) is 5.33. The normalized spacial score (nSPS) is 10.1. The van der Waals surface area contributed by atoms with Crippen LogP contribution in [0.5, 0.6) is 0 Å². The van der Waals surface area contributed by atoms with Gasteiger partial charge >= 0.3 is 5.97 Å². The molecule has 0 bridgehead atoms. The van der Waals surface area contributed by atoms with E-state index >= 15 is 0 Å². The fraction of sp³-hybridized carbons (Fsp3) is 0.385. The number of hydrogen-bond donors (Lipinski definition) is 2. The van der Waals surface area contributed by atoms with Gasteiger partial charge in [0.25, 0.3) is 11.6 Å². The molecule has 114 valence electrons. The SMILES string of the molecule is O=C(O)CCCCCNC(=O)c1cc(Br)cc([N+](=O)[O-])c1. The average molecular weight is 359 g/mol. The number of nitrogens with zero attached hydrogens (tertiary/aromatic N) is 1. The number of carbonyl (C=O) groups is 2. The monoisotopic (exact) mass is 358 g/mol. The van der Waals surface area contributed by atoms with E-state index in [9.17, 15) is 19.7 Å². The van der Waals surface area contributed by atoms with E-state index in [0.717, 1.165) is 0 Å². The molecule has 1 rings (SSSR count). The number of carboxylic acid groups (broad SMARTS) is 1. The largest absolute Gasteiger partial charge is 0.481 e. The minimum absolute atomic E-state index is 0.117. The number of nitro groups is 1. The summed E-state index contributed by atoms with van der Waals surface area (Å²) >= 11 is 3.13. The number of amides is 1. The molecule has 0 saturated heterocycles. The summed E-state index contributed by atoms with van der Waals surface area (Å²) in [6.07, 6.45) is 2.04. The molecule has 0 aliphatic rings. The lowest BCUT2D eigenvalue weighted by Gasteiger charge is -2.05. The van der Waals surface area contributed by atoms with Crippen molar-refractivity contribution in [2.45, 2.75) is 25.7 Å². The first-order chi connectivity index (χ1) is 9.90. The highest BCUT2D eigenvalue weighted by Crippen LogP contribution is 2.21. The van der Waals surface area contributed by atoms with Crippen LogP contribution in [0, 0.1) is 10.1 Å². The van der Waals surface area contributed by atoms with Gasteiger partial charge in [0.1, 0.15) is 0 Å². The lowest BCUT2D eigenvalue weighted by molar-refractivity contribution is -0.385. The Morgan fingerprint density at radius 2 is 1.95 bits per heavy atom. The summed E-state index contributed by atoms with van der Waals surface area (Å²) < 4.78 is 0.461. The summed E-state index contributed by atoms with van der Waals surface area (Å²) in [5, 5.41) is 21.8. The lowest BCUT2D eigenvalue weighted by atomic mass is 10.1. The number of hydrogen-bond acceptors (Lipinski definition) is 4. The van der Waals surface area contributed by atoms with Crippen LogP contribution < -0.4 is 5.32 Å². The first kappa shape index (κ1) is 17.1. The number of non-ortho nitro benzene ring substituents is 1. The van der Waals surface area contributed by atoms with E-state index in [4.69, 9.17) is 5.11 Å². The Kier molecular flexibility index (Phi) is 6.80. The first-order valence-corrected chi connectivity index (χ1v) is 7.14. The highest BCUT2D eigenvalue weighted by molar-refractivity contribution is 9.10. The van der Waals surface area contributed by atoms with Crippen LogP contribution in [0.2, 0.25) is 0 Å². The predicted octanol–water partition coefficient (Wildman–Crippen LogP) is 2.73. The third-order valence-electron chi connectivity index (χ3n) is 2.71. The third kappa shape index (κ3) is 6.35. The molecule has 0 fully saturated rings. The predicted molar refractivity (Wildman–Crippen MR) is 79.2 cm³/mol.